The Hall–Kier alpha value is -2.44. The third kappa shape index (κ3) is 3.27. The second-order valence-corrected chi connectivity index (χ2v) is 3.91. The quantitative estimate of drug-likeness (QED) is 0.839. The zero-order valence-corrected chi connectivity index (χ0v) is 10.4. The van der Waals surface area contributed by atoms with Crippen molar-refractivity contribution in [2.24, 2.45) is 0 Å². The molecule has 1 aromatic carbocycles. The van der Waals surface area contributed by atoms with Crippen molar-refractivity contribution in [3.8, 4) is 5.75 Å². The van der Waals surface area contributed by atoms with Crippen LogP contribution in [-0.2, 0) is 4.79 Å². The summed E-state index contributed by atoms with van der Waals surface area (Å²) in [4.78, 5) is 10.9. The van der Waals surface area contributed by atoms with Crippen LogP contribution in [0, 0.1) is 0 Å². The molecule has 0 aliphatic rings. The molecule has 0 aliphatic carbocycles. The van der Waals surface area contributed by atoms with Crippen molar-refractivity contribution in [3.63, 3.8) is 0 Å². The average Bonchev–Trinajstić information content (AvgIpc) is 2.91. The summed E-state index contributed by atoms with van der Waals surface area (Å²) in [6, 6.07) is 6.82. The molecule has 2 aromatic rings. The van der Waals surface area contributed by atoms with Crippen LogP contribution in [-0.4, -0.2) is 37.9 Å². The number of rotatable bonds is 6. The molecule has 0 saturated heterocycles. The summed E-state index contributed by atoms with van der Waals surface area (Å²) >= 11 is 0. The van der Waals surface area contributed by atoms with Gasteiger partial charge in [-0.3, -0.25) is 4.79 Å². The molecule has 19 heavy (non-hydrogen) atoms. The molecule has 0 unspecified atom stereocenters. The van der Waals surface area contributed by atoms with Gasteiger partial charge in [0.05, 0.1) is 19.1 Å². The van der Waals surface area contributed by atoms with Crippen molar-refractivity contribution in [2.75, 3.05) is 6.61 Å². The molecular weight excluding hydrogens is 248 g/mol. The van der Waals surface area contributed by atoms with Crippen molar-refractivity contribution in [1.82, 2.24) is 20.2 Å². The van der Waals surface area contributed by atoms with E-state index >= 15 is 0 Å². The van der Waals surface area contributed by atoms with Gasteiger partial charge in [-0.15, -0.1) is 5.10 Å². The van der Waals surface area contributed by atoms with Crippen molar-refractivity contribution in [2.45, 2.75) is 19.4 Å². The molecule has 0 radical (unpaired) electrons. The monoisotopic (exact) mass is 262 g/mol. The van der Waals surface area contributed by atoms with Crippen LogP contribution in [0.5, 0.6) is 5.75 Å². The number of hydrogen-bond donors (Lipinski definition) is 1. The largest absolute Gasteiger partial charge is 0.494 e. The second-order valence-electron chi connectivity index (χ2n) is 3.91. The van der Waals surface area contributed by atoms with Gasteiger partial charge in [0.1, 0.15) is 12.1 Å². The lowest BCUT2D eigenvalue weighted by atomic mass is 10.0. The number of aliphatic carboxylic acids is 1. The van der Waals surface area contributed by atoms with E-state index in [-0.39, 0.29) is 6.42 Å². The number of tetrazole rings is 1. The summed E-state index contributed by atoms with van der Waals surface area (Å²) in [7, 11) is 0. The summed E-state index contributed by atoms with van der Waals surface area (Å²) in [5.74, 6) is -0.161. The van der Waals surface area contributed by atoms with Gasteiger partial charge in [-0.25, -0.2) is 4.68 Å². The van der Waals surface area contributed by atoms with Crippen LogP contribution in [0.25, 0.3) is 0 Å². The normalized spacial score (nSPS) is 12.1. The number of carboxylic acids is 1. The fourth-order valence-electron chi connectivity index (χ4n) is 1.79. The first-order chi connectivity index (χ1) is 9.20. The molecule has 7 nitrogen and oxygen atoms in total. The zero-order valence-electron chi connectivity index (χ0n) is 10.4. The fourth-order valence-corrected chi connectivity index (χ4v) is 1.79. The summed E-state index contributed by atoms with van der Waals surface area (Å²) < 4.78 is 6.78. The van der Waals surface area contributed by atoms with E-state index in [2.05, 4.69) is 15.5 Å². The molecule has 0 spiro atoms. The topological polar surface area (TPSA) is 90.1 Å². The van der Waals surface area contributed by atoms with E-state index in [4.69, 9.17) is 9.84 Å². The molecule has 0 fully saturated rings. The minimum Gasteiger partial charge on any atom is -0.494 e. The van der Waals surface area contributed by atoms with Gasteiger partial charge in [-0.1, -0.05) is 12.1 Å². The summed E-state index contributed by atoms with van der Waals surface area (Å²) in [5, 5.41) is 19.8. The third-order valence-electron chi connectivity index (χ3n) is 2.63. The predicted molar refractivity (Wildman–Crippen MR) is 65.8 cm³/mol. The number of carboxylic acid groups (broad SMARTS) is 1. The lowest BCUT2D eigenvalue weighted by Crippen LogP contribution is -2.15. The molecule has 1 aromatic heterocycles. The molecule has 1 heterocycles. The number of nitrogens with zero attached hydrogens (tertiary/aromatic N) is 4. The molecular formula is C12H14N4O3. The van der Waals surface area contributed by atoms with Crippen LogP contribution in [0.1, 0.15) is 24.9 Å². The Morgan fingerprint density at radius 1 is 1.42 bits per heavy atom. The van der Waals surface area contributed by atoms with Crippen molar-refractivity contribution >= 4 is 5.97 Å². The lowest BCUT2D eigenvalue weighted by Gasteiger charge is -2.15. The van der Waals surface area contributed by atoms with Gasteiger partial charge in [0, 0.05) is 0 Å². The summed E-state index contributed by atoms with van der Waals surface area (Å²) in [5.41, 5.74) is 0.818. The van der Waals surface area contributed by atoms with E-state index in [1.54, 1.807) is 12.1 Å². The van der Waals surface area contributed by atoms with Gasteiger partial charge in [0.15, 0.2) is 0 Å². The molecule has 1 N–H and O–H groups in total. The first-order valence-corrected chi connectivity index (χ1v) is 5.87. The SMILES string of the molecule is CCOc1ccc([C@@H](CC(=O)O)n2cnnn2)cc1. The van der Waals surface area contributed by atoms with Crippen molar-refractivity contribution in [1.29, 1.82) is 0 Å². The molecule has 2 rings (SSSR count). The van der Waals surface area contributed by atoms with Crippen LogP contribution < -0.4 is 4.74 Å². The average molecular weight is 262 g/mol. The number of ether oxygens (including phenoxy) is 1. The molecule has 7 heteroatoms. The maximum absolute atomic E-state index is 10.9. The lowest BCUT2D eigenvalue weighted by molar-refractivity contribution is -0.137. The minimum atomic E-state index is -0.908. The molecule has 1 atom stereocenters. The maximum Gasteiger partial charge on any atom is 0.305 e. The Bertz CT molecular complexity index is 524. The zero-order chi connectivity index (χ0) is 13.7. The molecule has 0 bridgehead atoms. The van der Waals surface area contributed by atoms with E-state index in [0.29, 0.717) is 6.61 Å². The van der Waals surface area contributed by atoms with Crippen LogP contribution in [0.4, 0.5) is 0 Å². The van der Waals surface area contributed by atoms with Crippen molar-refractivity contribution < 1.29 is 14.6 Å². The first kappa shape index (κ1) is 13.0. The first-order valence-electron chi connectivity index (χ1n) is 5.87. The highest BCUT2D eigenvalue weighted by Gasteiger charge is 2.18. The fraction of sp³-hybridized carbons (Fsp3) is 0.333. The van der Waals surface area contributed by atoms with E-state index < -0.39 is 12.0 Å². The highest BCUT2D eigenvalue weighted by molar-refractivity contribution is 5.68. The number of carbonyl (C=O) groups is 1. The Morgan fingerprint density at radius 2 is 2.16 bits per heavy atom. The Balaban J connectivity index is 2.25. The van der Waals surface area contributed by atoms with Crippen LogP contribution in [0.2, 0.25) is 0 Å². The molecule has 0 amide bonds. The van der Waals surface area contributed by atoms with Crippen LogP contribution >= 0.6 is 0 Å². The minimum absolute atomic E-state index is 0.0843. The molecule has 0 aliphatic heterocycles. The highest BCUT2D eigenvalue weighted by Crippen LogP contribution is 2.23. The molecule has 100 valence electrons. The van der Waals surface area contributed by atoms with Gasteiger partial charge in [0.2, 0.25) is 0 Å². The third-order valence-corrected chi connectivity index (χ3v) is 2.63. The summed E-state index contributed by atoms with van der Waals surface area (Å²) in [6.45, 7) is 2.49. The Labute approximate surface area is 109 Å². The standard InChI is InChI=1S/C12H14N4O3/c1-2-19-10-5-3-9(4-6-10)11(7-12(17)18)16-8-13-14-15-16/h3-6,8,11H,2,7H2,1H3,(H,17,18)/t11-/m1/s1. The Morgan fingerprint density at radius 3 is 2.68 bits per heavy atom. The smallest absolute Gasteiger partial charge is 0.305 e. The van der Waals surface area contributed by atoms with Gasteiger partial charge in [0.25, 0.3) is 0 Å². The second kappa shape index (κ2) is 5.94. The van der Waals surface area contributed by atoms with E-state index in [1.807, 2.05) is 19.1 Å². The maximum atomic E-state index is 10.9. The van der Waals surface area contributed by atoms with Gasteiger partial charge < -0.3 is 9.84 Å². The van der Waals surface area contributed by atoms with E-state index in [0.717, 1.165) is 11.3 Å². The highest BCUT2D eigenvalue weighted by atomic mass is 16.5. The predicted octanol–water partition coefficient (Wildman–Crippen LogP) is 1.14. The van der Waals surface area contributed by atoms with E-state index in [9.17, 15) is 4.79 Å². The number of benzene rings is 1. The van der Waals surface area contributed by atoms with Crippen LogP contribution in [0.3, 0.4) is 0 Å². The van der Waals surface area contributed by atoms with E-state index in [1.165, 1.54) is 11.0 Å². The number of aromatic nitrogens is 4. The van der Waals surface area contributed by atoms with Crippen molar-refractivity contribution in [3.05, 3.63) is 36.2 Å². The van der Waals surface area contributed by atoms with Gasteiger partial charge >= 0.3 is 5.97 Å². The Kier molecular flexibility index (Phi) is 4.07. The van der Waals surface area contributed by atoms with Gasteiger partial charge in [-0.2, -0.15) is 0 Å². The van der Waals surface area contributed by atoms with Gasteiger partial charge in [-0.05, 0) is 35.0 Å². The summed E-state index contributed by atoms with van der Waals surface area (Å²) in [6.07, 6.45) is 1.32. The molecule has 0 saturated carbocycles. The number of hydrogen-bond acceptors (Lipinski definition) is 5. The van der Waals surface area contributed by atoms with Crippen LogP contribution in [0.15, 0.2) is 30.6 Å².